The first kappa shape index (κ1) is 14.2. The molecule has 19 heavy (non-hydrogen) atoms. The molecule has 0 radical (unpaired) electrons. The Morgan fingerprint density at radius 2 is 2.16 bits per heavy atom. The van der Waals surface area contributed by atoms with Crippen LogP contribution in [-0.2, 0) is 6.42 Å². The van der Waals surface area contributed by atoms with Gasteiger partial charge in [0.25, 0.3) is 0 Å². The van der Waals surface area contributed by atoms with Gasteiger partial charge in [0.15, 0.2) is 0 Å². The lowest BCUT2D eigenvalue weighted by molar-refractivity contribution is 0.203. The van der Waals surface area contributed by atoms with Crippen molar-refractivity contribution in [2.75, 3.05) is 31.1 Å². The molecule has 0 aliphatic carbocycles. The normalized spacial score (nSPS) is 15.3. The minimum absolute atomic E-state index is 0.0274. The summed E-state index contributed by atoms with van der Waals surface area (Å²) in [5, 5.41) is 2.92. The first-order valence-corrected chi connectivity index (χ1v) is 7.76. The highest BCUT2D eigenvalue weighted by molar-refractivity contribution is 7.99. The molecular formula is C14H19FN2OS. The summed E-state index contributed by atoms with van der Waals surface area (Å²) < 4.78 is 13.0. The Kier molecular flexibility index (Phi) is 5.51. The van der Waals surface area contributed by atoms with Crippen LogP contribution in [0.25, 0.3) is 0 Å². The molecule has 1 heterocycles. The predicted octanol–water partition coefficient (Wildman–Crippen LogP) is 2.52. The van der Waals surface area contributed by atoms with Gasteiger partial charge in [-0.3, -0.25) is 0 Å². The quantitative estimate of drug-likeness (QED) is 0.861. The summed E-state index contributed by atoms with van der Waals surface area (Å²) in [6, 6.07) is 6.64. The number of aryl methyl sites for hydroxylation is 1. The number of amides is 2. The second kappa shape index (κ2) is 7.38. The van der Waals surface area contributed by atoms with Gasteiger partial charge < -0.3 is 10.2 Å². The number of halogens is 1. The Balaban J connectivity index is 1.65. The lowest BCUT2D eigenvalue weighted by atomic mass is 10.1. The monoisotopic (exact) mass is 282 g/mol. The molecule has 0 saturated carbocycles. The Bertz CT molecular complexity index is 422. The maximum Gasteiger partial charge on any atom is 0.317 e. The average Bonchev–Trinajstić information content (AvgIpc) is 2.44. The van der Waals surface area contributed by atoms with Crippen molar-refractivity contribution >= 4 is 17.8 Å². The van der Waals surface area contributed by atoms with E-state index < -0.39 is 0 Å². The fraction of sp³-hybridized carbons (Fsp3) is 0.500. The van der Waals surface area contributed by atoms with Crippen LogP contribution in [0.15, 0.2) is 24.3 Å². The van der Waals surface area contributed by atoms with Crippen LogP contribution in [0.2, 0.25) is 0 Å². The number of rotatable bonds is 4. The van der Waals surface area contributed by atoms with Gasteiger partial charge in [-0.1, -0.05) is 12.1 Å². The number of urea groups is 1. The third-order valence-electron chi connectivity index (χ3n) is 3.11. The van der Waals surface area contributed by atoms with Crippen LogP contribution < -0.4 is 5.32 Å². The van der Waals surface area contributed by atoms with E-state index >= 15 is 0 Å². The topological polar surface area (TPSA) is 32.3 Å². The molecule has 1 fully saturated rings. The number of nitrogens with one attached hydrogen (secondary N) is 1. The van der Waals surface area contributed by atoms with E-state index in [1.54, 1.807) is 12.1 Å². The molecule has 2 amide bonds. The van der Waals surface area contributed by atoms with Gasteiger partial charge >= 0.3 is 6.03 Å². The van der Waals surface area contributed by atoms with E-state index in [0.29, 0.717) is 6.54 Å². The number of carbonyl (C=O) groups excluding carboxylic acids is 1. The van der Waals surface area contributed by atoms with Crippen molar-refractivity contribution in [1.82, 2.24) is 10.2 Å². The van der Waals surface area contributed by atoms with Gasteiger partial charge in [-0.2, -0.15) is 11.8 Å². The summed E-state index contributed by atoms with van der Waals surface area (Å²) in [5.74, 6) is 1.85. The molecule has 1 N–H and O–H groups in total. The Morgan fingerprint density at radius 3 is 2.89 bits per heavy atom. The molecule has 0 spiro atoms. The van der Waals surface area contributed by atoms with Crippen LogP contribution in [-0.4, -0.2) is 42.1 Å². The van der Waals surface area contributed by atoms with Crippen LogP contribution in [0.1, 0.15) is 12.0 Å². The largest absolute Gasteiger partial charge is 0.338 e. The molecule has 5 heteroatoms. The zero-order valence-corrected chi connectivity index (χ0v) is 11.7. The first-order valence-electron chi connectivity index (χ1n) is 6.60. The summed E-state index contributed by atoms with van der Waals surface area (Å²) in [6.45, 7) is 2.31. The highest BCUT2D eigenvalue weighted by Gasteiger charge is 2.15. The van der Waals surface area contributed by atoms with Crippen molar-refractivity contribution in [1.29, 1.82) is 0 Å². The zero-order valence-electron chi connectivity index (χ0n) is 10.9. The zero-order chi connectivity index (χ0) is 13.5. The Hall–Kier alpha value is -1.23. The summed E-state index contributed by atoms with van der Waals surface area (Å²) >= 11 is 1.89. The van der Waals surface area contributed by atoms with Crippen LogP contribution in [0.5, 0.6) is 0 Å². The first-order chi connectivity index (χ1) is 9.25. The van der Waals surface area contributed by atoms with Gasteiger partial charge in [0.05, 0.1) is 0 Å². The van der Waals surface area contributed by atoms with Crippen molar-refractivity contribution in [3.8, 4) is 0 Å². The molecule has 1 aliphatic heterocycles. The maximum atomic E-state index is 13.0. The summed E-state index contributed by atoms with van der Waals surface area (Å²) in [7, 11) is 0. The van der Waals surface area contributed by atoms with E-state index in [1.807, 2.05) is 22.7 Å². The highest BCUT2D eigenvalue weighted by atomic mass is 32.2. The van der Waals surface area contributed by atoms with Gasteiger partial charge in [-0.25, -0.2) is 9.18 Å². The van der Waals surface area contributed by atoms with Crippen LogP contribution >= 0.6 is 11.8 Å². The Labute approximate surface area is 117 Å². The molecular weight excluding hydrogens is 263 g/mol. The van der Waals surface area contributed by atoms with Crippen molar-refractivity contribution < 1.29 is 9.18 Å². The molecule has 1 saturated heterocycles. The lowest BCUT2D eigenvalue weighted by Crippen LogP contribution is -2.44. The summed E-state index contributed by atoms with van der Waals surface area (Å²) in [5.41, 5.74) is 0.976. The minimum atomic E-state index is -0.202. The van der Waals surface area contributed by atoms with Gasteiger partial charge in [-0.15, -0.1) is 0 Å². The van der Waals surface area contributed by atoms with E-state index in [-0.39, 0.29) is 11.8 Å². The van der Waals surface area contributed by atoms with E-state index in [4.69, 9.17) is 0 Å². The lowest BCUT2D eigenvalue weighted by Gasteiger charge is -2.26. The number of thioether (sulfide) groups is 1. The molecule has 1 aromatic carbocycles. The molecule has 0 aromatic heterocycles. The fourth-order valence-corrected chi connectivity index (χ4v) is 2.96. The van der Waals surface area contributed by atoms with Gasteiger partial charge in [-0.05, 0) is 30.5 Å². The average molecular weight is 282 g/mol. The SMILES string of the molecule is O=C(NCCCc1cccc(F)c1)N1CCSCC1. The summed E-state index contributed by atoms with van der Waals surface area (Å²) in [6.07, 6.45) is 1.62. The molecule has 1 aliphatic rings. The maximum absolute atomic E-state index is 13.0. The van der Waals surface area contributed by atoms with Crippen molar-refractivity contribution in [3.63, 3.8) is 0 Å². The molecule has 0 bridgehead atoms. The summed E-state index contributed by atoms with van der Waals surface area (Å²) in [4.78, 5) is 13.7. The molecule has 1 aromatic rings. The molecule has 104 valence electrons. The number of benzene rings is 1. The van der Waals surface area contributed by atoms with Gasteiger partial charge in [0, 0.05) is 31.1 Å². The molecule has 0 atom stereocenters. The molecule has 2 rings (SSSR count). The van der Waals surface area contributed by atoms with Gasteiger partial charge in [0.2, 0.25) is 0 Å². The second-order valence-corrected chi connectivity index (χ2v) is 5.79. The molecule has 3 nitrogen and oxygen atoms in total. The third-order valence-corrected chi connectivity index (χ3v) is 4.05. The van der Waals surface area contributed by atoms with E-state index in [0.717, 1.165) is 43.0 Å². The van der Waals surface area contributed by atoms with Crippen molar-refractivity contribution in [2.45, 2.75) is 12.8 Å². The number of hydrogen-bond acceptors (Lipinski definition) is 2. The Morgan fingerprint density at radius 1 is 1.37 bits per heavy atom. The van der Waals surface area contributed by atoms with Crippen LogP contribution in [0.3, 0.4) is 0 Å². The van der Waals surface area contributed by atoms with Crippen molar-refractivity contribution in [3.05, 3.63) is 35.6 Å². The van der Waals surface area contributed by atoms with Crippen LogP contribution in [0, 0.1) is 5.82 Å². The minimum Gasteiger partial charge on any atom is -0.338 e. The highest BCUT2D eigenvalue weighted by Crippen LogP contribution is 2.09. The van der Waals surface area contributed by atoms with Crippen molar-refractivity contribution in [2.24, 2.45) is 0 Å². The number of carbonyl (C=O) groups is 1. The predicted molar refractivity (Wildman–Crippen MR) is 77.0 cm³/mol. The van der Waals surface area contributed by atoms with E-state index in [9.17, 15) is 9.18 Å². The number of nitrogens with zero attached hydrogens (tertiary/aromatic N) is 1. The van der Waals surface area contributed by atoms with E-state index in [1.165, 1.54) is 6.07 Å². The third kappa shape index (κ3) is 4.74. The fourth-order valence-electron chi connectivity index (χ4n) is 2.06. The second-order valence-electron chi connectivity index (χ2n) is 4.56. The standard InChI is InChI=1S/C14H19FN2OS/c15-13-5-1-3-12(11-13)4-2-6-16-14(18)17-7-9-19-10-8-17/h1,3,5,11H,2,4,6-10H2,(H,16,18). The van der Waals surface area contributed by atoms with Gasteiger partial charge in [0.1, 0.15) is 5.82 Å². The van der Waals surface area contributed by atoms with Crippen LogP contribution in [0.4, 0.5) is 9.18 Å². The number of hydrogen-bond donors (Lipinski definition) is 1. The van der Waals surface area contributed by atoms with E-state index in [2.05, 4.69) is 5.32 Å². The smallest absolute Gasteiger partial charge is 0.317 e. The molecule has 0 unspecified atom stereocenters.